The summed E-state index contributed by atoms with van der Waals surface area (Å²) in [5.74, 6) is 9.23. The van der Waals surface area contributed by atoms with Gasteiger partial charge in [0.05, 0.1) is 20.2 Å². The van der Waals surface area contributed by atoms with Gasteiger partial charge in [-0.05, 0) is 60.4 Å². The number of halogens is 1. The van der Waals surface area contributed by atoms with Crippen molar-refractivity contribution in [2.45, 2.75) is 38.9 Å². The van der Waals surface area contributed by atoms with Gasteiger partial charge in [0.1, 0.15) is 29.5 Å². The number of benzene rings is 4. The highest BCUT2D eigenvalue weighted by atomic mass is 35.5. The van der Waals surface area contributed by atoms with E-state index < -0.39 is 0 Å². The number of aryl methyl sites for hydroxylation is 2. The van der Waals surface area contributed by atoms with Crippen molar-refractivity contribution in [1.82, 2.24) is 5.01 Å². The summed E-state index contributed by atoms with van der Waals surface area (Å²) >= 11 is 6.54. The van der Waals surface area contributed by atoms with E-state index in [1.807, 2.05) is 47.5 Å². The van der Waals surface area contributed by atoms with Crippen molar-refractivity contribution in [3.63, 3.8) is 0 Å². The maximum atomic E-state index is 6.56. The Morgan fingerprint density at radius 2 is 1.28 bits per heavy atom. The number of nitrogens with two attached hydrogens (primary N) is 1. The fourth-order valence-electron chi connectivity index (χ4n) is 5.93. The molecule has 2 heterocycles. The highest BCUT2D eigenvalue weighted by molar-refractivity contribution is 6.33. The molecule has 2 atom stereocenters. The van der Waals surface area contributed by atoms with Crippen molar-refractivity contribution in [2.75, 3.05) is 20.2 Å². The van der Waals surface area contributed by atoms with E-state index >= 15 is 0 Å². The molecule has 0 aliphatic carbocycles. The largest absolute Gasteiger partial charge is 0.496 e. The summed E-state index contributed by atoms with van der Waals surface area (Å²) in [6.07, 6.45) is 1.55. The summed E-state index contributed by atoms with van der Waals surface area (Å²) in [6, 6.07) is 24.7. The first-order valence-corrected chi connectivity index (χ1v) is 13.8. The third-order valence-electron chi connectivity index (χ3n) is 7.52. The molecule has 6 heteroatoms. The van der Waals surface area contributed by atoms with Crippen LogP contribution in [0.25, 0.3) is 22.3 Å². The monoisotopic (exact) mass is 540 g/mol. The minimum absolute atomic E-state index is 0.0371. The van der Waals surface area contributed by atoms with Gasteiger partial charge in [0.2, 0.25) is 0 Å². The molecular weight excluding hydrogens is 508 g/mol. The smallest absolute Gasteiger partial charge is 0.131 e. The van der Waals surface area contributed by atoms with E-state index in [-0.39, 0.29) is 12.2 Å². The summed E-state index contributed by atoms with van der Waals surface area (Å²) in [5, 5.41) is 2.56. The van der Waals surface area contributed by atoms with Crippen molar-refractivity contribution >= 4 is 11.6 Å². The van der Waals surface area contributed by atoms with E-state index in [1.54, 1.807) is 7.11 Å². The van der Waals surface area contributed by atoms with Gasteiger partial charge < -0.3 is 14.2 Å². The molecule has 2 aliphatic rings. The molecule has 0 fully saturated rings. The third-order valence-corrected chi connectivity index (χ3v) is 7.85. The zero-order valence-corrected chi connectivity index (χ0v) is 23.3. The molecule has 2 N–H and O–H groups in total. The minimum atomic E-state index is -0.0387. The fourth-order valence-corrected chi connectivity index (χ4v) is 6.17. The predicted octanol–water partition coefficient (Wildman–Crippen LogP) is 6.78. The van der Waals surface area contributed by atoms with Crippen molar-refractivity contribution in [3.05, 3.63) is 100 Å². The van der Waals surface area contributed by atoms with Crippen LogP contribution < -0.4 is 20.1 Å². The standard InChI is InChI=1S/C33H33ClN2O3/c1-20-12-22-16-24(38-32(22)28(14-20)26-8-4-6-10-30(26)34)18-36(35)19-25-17-23-13-21(2)15-29(33(23)39-25)27-9-5-7-11-31(27)37-3/h4-15,24-25H,16-19,35H2,1-3H3. The highest BCUT2D eigenvalue weighted by Crippen LogP contribution is 2.44. The molecule has 4 aromatic carbocycles. The molecule has 2 unspecified atom stereocenters. The number of fused-ring (bicyclic) bond motifs is 2. The molecule has 2 aliphatic heterocycles. The maximum absolute atomic E-state index is 6.56. The molecule has 0 saturated carbocycles. The Bertz CT molecular complexity index is 1540. The maximum Gasteiger partial charge on any atom is 0.131 e. The van der Waals surface area contributed by atoms with Crippen LogP contribution in [0.4, 0.5) is 0 Å². The van der Waals surface area contributed by atoms with Gasteiger partial charge in [-0.1, -0.05) is 60.1 Å². The Hall–Kier alpha value is -3.51. The van der Waals surface area contributed by atoms with E-state index in [1.165, 1.54) is 22.3 Å². The van der Waals surface area contributed by atoms with Crippen LogP contribution in [0, 0.1) is 13.8 Å². The lowest BCUT2D eigenvalue weighted by atomic mass is 9.97. The average molecular weight is 541 g/mol. The lowest BCUT2D eigenvalue weighted by Crippen LogP contribution is -2.45. The third kappa shape index (κ3) is 5.10. The Kier molecular flexibility index (Phi) is 6.98. The van der Waals surface area contributed by atoms with E-state index in [9.17, 15) is 0 Å². The molecule has 0 aromatic heterocycles. The number of hydrazine groups is 1. The molecule has 4 aromatic rings. The second-order valence-corrected chi connectivity index (χ2v) is 11.0. The first-order chi connectivity index (χ1) is 18.9. The molecule has 0 saturated heterocycles. The number of rotatable bonds is 7. The number of ether oxygens (including phenoxy) is 3. The molecular formula is C33H33ClN2O3. The van der Waals surface area contributed by atoms with E-state index in [4.69, 9.17) is 31.7 Å². The van der Waals surface area contributed by atoms with Gasteiger partial charge in [-0.3, -0.25) is 5.84 Å². The van der Waals surface area contributed by atoms with Crippen LogP contribution in [-0.4, -0.2) is 37.4 Å². The molecule has 0 amide bonds. The van der Waals surface area contributed by atoms with Gasteiger partial charge in [-0.15, -0.1) is 0 Å². The van der Waals surface area contributed by atoms with Crippen LogP contribution >= 0.6 is 11.6 Å². The molecule has 5 nitrogen and oxygen atoms in total. The second-order valence-electron chi connectivity index (χ2n) is 10.6. The average Bonchev–Trinajstić information content (AvgIpc) is 3.50. The lowest BCUT2D eigenvalue weighted by Gasteiger charge is -2.23. The van der Waals surface area contributed by atoms with Gasteiger partial charge in [0, 0.05) is 40.1 Å². The number of methoxy groups -OCH3 is 1. The van der Waals surface area contributed by atoms with Gasteiger partial charge in [-0.2, -0.15) is 0 Å². The number of para-hydroxylation sites is 1. The lowest BCUT2D eigenvalue weighted by molar-refractivity contribution is 0.108. The zero-order chi connectivity index (χ0) is 27.1. The normalized spacial score (nSPS) is 17.5. The van der Waals surface area contributed by atoms with Crippen molar-refractivity contribution < 1.29 is 14.2 Å². The van der Waals surface area contributed by atoms with E-state index in [0.717, 1.165) is 57.4 Å². The predicted molar refractivity (Wildman–Crippen MR) is 157 cm³/mol. The Morgan fingerprint density at radius 1 is 0.769 bits per heavy atom. The molecule has 0 bridgehead atoms. The van der Waals surface area contributed by atoms with E-state index in [2.05, 4.69) is 44.2 Å². The number of hydrogen-bond donors (Lipinski definition) is 1. The van der Waals surface area contributed by atoms with Crippen LogP contribution in [0.1, 0.15) is 22.3 Å². The van der Waals surface area contributed by atoms with E-state index in [0.29, 0.717) is 13.1 Å². The van der Waals surface area contributed by atoms with Crippen LogP contribution in [0.5, 0.6) is 17.2 Å². The molecule has 200 valence electrons. The first kappa shape index (κ1) is 25.8. The van der Waals surface area contributed by atoms with Gasteiger partial charge in [0.25, 0.3) is 0 Å². The van der Waals surface area contributed by atoms with Crippen molar-refractivity contribution in [2.24, 2.45) is 5.84 Å². The van der Waals surface area contributed by atoms with Crippen LogP contribution in [-0.2, 0) is 12.8 Å². The summed E-state index contributed by atoms with van der Waals surface area (Å²) < 4.78 is 18.6. The van der Waals surface area contributed by atoms with Crippen LogP contribution in [0.2, 0.25) is 5.02 Å². The number of nitrogens with zero attached hydrogens (tertiary/aromatic N) is 1. The Balaban J connectivity index is 1.16. The molecule has 0 radical (unpaired) electrons. The second kappa shape index (κ2) is 10.6. The first-order valence-electron chi connectivity index (χ1n) is 13.4. The Labute approximate surface area is 235 Å². The SMILES string of the molecule is COc1ccccc1-c1cc(C)cc2c1OC(CN(N)CC1Cc3cc(C)cc(-c4ccccc4Cl)c3O1)C2. The molecule has 6 rings (SSSR count). The minimum Gasteiger partial charge on any atom is -0.496 e. The van der Waals surface area contributed by atoms with Crippen LogP contribution in [0.15, 0.2) is 72.8 Å². The van der Waals surface area contributed by atoms with Crippen molar-refractivity contribution in [1.29, 1.82) is 0 Å². The summed E-state index contributed by atoms with van der Waals surface area (Å²) in [7, 11) is 1.70. The van der Waals surface area contributed by atoms with Gasteiger partial charge >= 0.3 is 0 Å². The van der Waals surface area contributed by atoms with Gasteiger partial charge in [-0.25, -0.2) is 5.01 Å². The summed E-state index contributed by atoms with van der Waals surface area (Å²) in [4.78, 5) is 0. The van der Waals surface area contributed by atoms with Crippen LogP contribution in [0.3, 0.4) is 0 Å². The number of hydrogen-bond acceptors (Lipinski definition) is 5. The topological polar surface area (TPSA) is 57.0 Å². The fraction of sp³-hybridized carbons (Fsp3) is 0.273. The zero-order valence-electron chi connectivity index (χ0n) is 22.5. The quantitative estimate of drug-likeness (QED) is 0.207. The highest BCUT2D eigenvalue weighted by Gasteiger charge is 2.31. The van der Waals surface area contributed by atoms with Crippen molar-refractivity contribution in [3.8, 4) is 39.5 Å². The van der Waals surface area contributed by atoms with Gasteiger partial charge in [0.15, 0.2) is 0 Å². The molecule has 0 spiro atoms. The molecule has 39 heavy (non-hydrogen) atoms. The summed E-state index contributed by atoms with van der Waals surface area (Å²) in [6.45, 7) is 5.44. The Morgan fingerprint density at radius 3 is 1.85 bits per heavy atom. The summed E-state index contributed by atoms with van der Waals surface area (Å²) in [5.41, 5.74) is 8.92.